The summed E-state index contributed by atoms with van der Waals surface area (Å²) in [7, 11) is 0. The first-order valence-electron chi connectivity index (χ1n) is 7.08. The Labute approximate surface area is 128 Å². The zero-order valence-corrected chi connectivity index (χ0v) is 12.9. The van der Waals surface area contributed by atoms with Crippen molar-refractivity contribution in [2.75, 3.05) is 19.7 Å². The van der Waals surface area contributed by atoms with Gasteiger partial charge < -0.3 is 9.15 Å². The smallest absolute Gasteiger partial charge is 0.247 e. The number of ether oxygens (including phenoxy) is 1. The molecule has 0 amide bonds. The molecule has 6 heteroatoms. The van der Waals surface area contributed by atoms with Crippen molar-refractivity contribution >= 4 is 11.6 Å². The van der Waals surface area contributed by atoms with Gasteiger partial charge in [0.05, 0.1) is 18.8 Å². The topological polar surface area (TPSA) is 51.4 Å². The van der Waals surface area contributed by atoms with Crippen LogP contribution in [-0.2, 0) is 4.74 Å². The van der Waals surface area contributed by atoms with E-state index < -0.39 is 0 Å². The Balaban J connectivity index is 1.78. The first-order chi connectivity index (χ1) is 10.1. The van der Waals surface area contributed by atoms with Crippen molar-refractivity contribution in [1.29, 1.82) is 0 Å². The summed E-state index contributed by atoms with van der Waals surface area (Å²) < 4.78 is 11.4. The number of nitrogens with zero attached hydrogens (tertiary/aromatic N) is 3. The molecule has 1 aliphatic rings. The van der Waals surface area contributed by atoms with E-state index >= 15 is 0 Å². The molecule has 0 saturated carbocycles. The SMILES string of the molecule is CC1CN(C(C)c2nnc(-c3cccc(Cl)c3)o2)CCO1. The highest BCUT2D eigenvalue weighted by Crippen LogP contribution is 2.26. The molecule has 21 heavy (non-hydrogen) atoms. The van der Waals surface area contributed by atoms with Gasteiger partial charge >= 0.3 is 0 Å². The number of halogens is 1. The highest BCUT2D eigenvalue weighted by molar-refractivity contribution is 6.30. The summed E-state index contributed by atoms with van der Waals surface area (Å²) in [5, 5.41) is 8.96. The Morgan fingerprint density at radius 1 is 1.38 bits per heavy atom. The van der Waals surface area contributed by atoms with E-state index in [-0.39, 0.29) is 12.1 Å². The molecule has 1 aliphatic heterocycles. The molecule has 0 N–H and O–H groups in total. The summed E-state index contributed by atoms with van der Waals surface area (Å²) in [4.78, 5) is 2.30. The monoisotopic (exact) mass is 307 g/mol. The maximum Gasteiger partial charge on any atom is 0.247 e. The standard InChI is InChI=1S/C15H18ClN3O2/c1-10-9-19(6-7-20-10)11(2)14-17-18-15(21-14)12-4-3-5-13(16)8-12/h3-5,8,10-11H,6-7,9H2,1-2H3. The summed E-state index contributed by atoms with van der Waals surface area (Å²) in [5.74, 6) is 1.12. The van der Waals surface area contributed by atoms with Crippen LogP contribution < -0.4 is 0 Å². The maximum absolute atomic E-state index is 5.99. The van der Waals surface area contributed by atoms with Gasteiger partial charge in [0.1, 0.15) is 0 Å². The average Bonchev–Trinajstić information content (AvgIpc) is 2.96. The van der Waals surface area contributed by atoms with Crippen LogP contribution in [0, 0.1) is 0 Å². The van der Waals surface area contributed by atoms with Crippen LogP contribution in [0.4, 0.5) is 0 Å². The summed E-state index contributed by atoms with van der Waals surface area (Å²) in [6.07, 6.45) is 0.233. The molecule has 0 spiro atoms. The van der Waals surface area contributed by atoms with Crippen molar-refractivity contribution in [2.45, 2.75) is 26.0 Å². The van der Waals surface area contributed by atoms with Crippen LogP contribution in [0.3, 0.4) is 0 Å². The highest BCUT2D eigenvalue weighted by atomic mass is 35.5. The van der Waals surface area contributed by atoms with Crippen LogP contribution >= 0.6 is 11.6 Å². The Morgan fingerprint density at radius 2 is 2.24 bits per heavy atom. The molecule has 1 aromatic carbocycles. The molecule has 3 rings (SSSR count). The molecule has 1 fully saturated rings. The lowest BCUT2D eigenvalue weighted by atomic mass is 10.2. The molecule has 2 aromatic rings. The summed E-state index contributed by atoms with van der Waals surface area (Å²) in [6, 6.07) is 7.50. The second-order valence-electron chi connectivity index (χ2n) is 5.31. The van der Waals surface area contributed by atoms with Crippen LogP contribution in [0.15, 0.2) is 28.7 Å². The Kier molecular flexibility index (Phi) is 4.24. The number of aromatic nitrogens is 2. The minimum atomic E-state index is 0.0804. The lowest BCUT2D eigenvalue weighted by Crippen LogP contribution is -2.42. The molecular weight excluding hydrogens is 290 g/mol. The van der Waals surface area contributed by atoms with Gasteiger partial charge in [-0.2, -0.15) is 0 Å². The largest absolute Gasteiger partial charge is 0.419 e. The summed E-state index contributed by atoms with van der Waals surface area (Å²) >= 11 is 5.99. The number of hydrogen-bond donors (Lipinski definition) is 0. The highest BCUT2D eigenvalue weighted by Gasteiger charge is 2.26. The molecule has 0 radical (unpaired) electrons. The van der Waals surface area contributed by atoms with E-state index in [2.05, 4.69) is 28.9 Å². The predicted molar refractivity (Wildman–Crippen MR) is 80.1 cm³/mol. The van der Waals surface area contributed by atoms with E-state index in [4.69, 9.17) is 20.8 Å². The molecule has 2 unspecified atom stereocenters. The van der Waals surface area contributed by atoms with Gasteiger partial charge in [-0.3, -0.25) is 4.90 Å². The van der Waals surface area contributed by atoms with Gasteiger partial charge in [-0.05, 0) is 32.0 Å². The third-order valence-corrected chi connectivity index (χ3v) is 3.92. The quantitative estimate of drug-likeness (QED) is 0.871. The van der Waals surface area contributed by atoms with E-state index in [0.29, 0.717) is 16.8 Å². The Bertz CT molecular complexity index is 616. The van der Waals surface area contributed by atoms with Gasteiger partial charge in [-0.25, -0.2) is 0 Å². The first kappa shape index (κ1) is 14.5. The van der Waals surface area contributed by atoms with Crippen molar-refractivity contribution in [3.63, 3.8) is 0 Å². The lowest BCUT2D eigenvalue weighted by molar-refractivity contribution is -0.0354. The van der Waals surface area contributed by atoms with E-state index in [9.17, 15) is 0 Å². The average molecular weight is 308 g/mol. The third-order valence-electron chi connectivity index (χ3n) is 3.69. The van der Waals surface area contributed by atoms with Gasteiger partial charge in [0, 0.05) is 23.7 Å². The summed E-state index contributed by atoms with van der Waals surface area (Å²) in [6.45, 7) is 6.63. The molecule has 2 atom stereocenters. The number of hydrogen-bond acceptors (Lipinski definition) is 5. The molecule has 5 nitrogen and oxygen atoms in total. The van der Waals surface area contributed by atoms with Gasteiger partial charge in [0.15, 0.2) is 0 Å². The maximum atomic E-state index is 5.99. The van der Waals surface area contributed by atoms with E-state index in [1.54, 1.807) is 0 Å². The van der Waals surface area contributed by atoms with Crippen molar-refractivity contribution in [3.8, 4) is 11.5 Å². The fourth-order valence-corrected chi connectivity index (χ4v) is 2.69. The van der Waals surface area contributed by atoms with E-state index in [0.717, 1.165) is 25.3 Å². The van der Waals surface area contributed by atoms with Crippen molar-refractivity contribution < 1.29 is 9.15 Å². The number of rotatable bonds is 3. The molecule has 2 heterocycles. The van der Waals surface area contributed by atoms with Crippen LogP contribution in [0.25, 0.3) is 11.5 Å². The zero-order valence-electron chi connectivity index (χ0n) is 12.1. The fourth-order valence-electron chi connectivity index (χ4n) is 2.49. The molecule has 0 bridgehead atoms. The van der Waals surface area contributed by atoms with E-state index in [1.807, 2.05) is 24.3 Å². The third kappa shape index (κ3) is 3.26. The summed E-state index contributed by atoms with van der Waals surface area (Å²) in [5.41, 5.74) is 0.837. The van der Waals surface area contributed by atoms with Gasteiger partial charge in [0.25, 0.3) is 0 Å². The minimum absolute atomic E-state index is 0.0804. The van der Waals surface area contributed by atoms with Gasteiger partial charge in [-0.1, -0.05) is 17.7 Å². The number of morpholine rings is 1. The fraction of sp³-hybridized carbons (Fsp3) is 0.467. The lowest BCUT2D eigenvalue weighted by Gasteiger charge is -2.33. The Hall–Kier alpha value is -1.43. The zero-order chi connectivity index (χ0) is 14.8. The Morgan fingerprint density at radius 3 is 3.00 bits per heavy atom. The number of benzene rings is 1. The van der Waals surface area contributed by atoms with Crippen molar-refractivity contribution in [3.05, 3.63) is 35.2 Å². The molecule has 1 saturated heterocycles. The van der Waals surface area contributed by atoms with Crippen LogP contribution in [0.2, 0.25) is 5.02 Å². The van der Waals surface area contributed by atoms with Gasteiger partial charge in [0.2, 0.25) is 11.8 Å². The first-order valence-corrected chi connectivity index (χ1v) is 7.46. The second kappa shape index (κ2) is 6.13. The van der Waals surface area contributed by atoms with E-state index in [1.165, 1.54) is 0 Å². The van der Waals surface area contributed by atoms with Crippen LogP contribution in [0.5, 0.6) is 0 Å². The normalized spacial score (nSPS) is 21.4. The van der Waals surface area contributed by atoms with Gasteiger partial charge in [-0.15, -0.1) is 10.2 Å². The molecular formula is C15H18ClN3O2. The molecule has 1 aromatic heterocycles. The van der Waals surface area contributed by atoms with Crippen molar-refractivity contribution in [1.82, 2.24) is 15.1 Å². The molecule has 0 aliphatic carbocycles. The van der Waals surface area contributed by atoms with Crippen molar-refractivity contribution in [2.24, 2.45) is 0 Å². The van der Waals surface area contributed by atoms with Crippen LogP contribution in [-0.4, -0.2) is 40.9 Å². The predicted octanol–water partition coefficient (Wildman–Crippen LogP) is 3.17. The minimum Gasteiger partial charge on any atom is -0.419 e. The van der Waals surface area contributed by atoms with Crippen LogP contribution in [0.1, 0.15) is 25.8 Å². The second-order valence-corrected chi connectivity index (χ2v) is 5.74. The molecule has 112 valence electrons.